The van der Waals surface area contributed by atoms with Gasteiger partial charge in [0.1, 0.15) is 0 Å². The van der Waals surface area contributed by atoms with Gasteiger partial charge < -0.3 is 5.32 Å². The molecule has 2 aromatic carbocycles. The van der Waals surface area contributed by atoms with Crippen molar-refractivity contribution in [3.05, 3.63) is 92.7 Å². The lowest BCUT2D eigenvalue weighted by Crippen LogP contribution is -2.29. The lowest BCUT2D eigenvalue weighted by atomic mass is 10.0. The lowest BCUT2D eigenvalue weighted by Gasteiger charge is -2.19. The number of aryl methyl sites for hydroxylation is 1. The van der Waals surface area contributed by atoms with Crippen molar-refractivity contribution in [2.45, 2.75) is 19.4 Å². The van der Waals surface area contributed by atoms with E-state index in [0.717, 1.165) is 21.8 Å². The Morgan fingerprint density at radius 2 is 1.76 bits per heavy atom. The summed E-state index contributed by atoms with van der Waals surface area (Å²) in [5.74, 6) is -1.02. The van der Waals surface area contributed by atoms with E-state index in [9.17, 15) is 14.4 Å². The first-order valence-corrected chi connectivity index (χ1v) is 10.3. The van der Waals surface area contributed by atoms with Crippen LogP contribution in [-0.4, -0.2) is 29.7 Å². The van der Waals surface area contributed by atoms with E-state index in [1.54, 1.807) is 23.5 Å². The molecule has 3 aromatic rings. The van der Waals surface area contributed by atoms with Crippen molar-refractivity contribution in [1.82, 2.24) is 10.2 Å². The maximum Gasteiger partial charge on any atom is 0.261 e. The van der Waals surface area contributed by atoms with Gasteiger partial charge in [-0.2, -0.15) is 0 Å². The van der Waals surface area contributed by atoms with Crippen LogP contribution in [0.25, 0.3) is 0 Å². The van der Waals surface area contributed by atoms with Crippen LogP contribution in [0.3, 0.4) is 0 Å². The van der Waals surface area contributed by atoms with Crippen molar-refractivity contribution in [1.29, 1.82) is 0 Å². The SMILES string of the molecule is CCc1ccc([C@H](NC(=O)c2ccc3c(c2)C(=O)N(C)C3=O)c2cccs2)cc1. The predicted octanol–water partition coefficient (Wildman–Crippen LogP) is 4.06. The molecule has 0 bridgehead atoms. The first-order chi connectivity index (χ1) is 14.0. The highest BCUT2D eigenvalue weighted by Gasteiger charge is 2.33. The van der Waals surface area contributed by atoms with Crippen molar-refractivity contribution in [3.63, 3.8) is 0 Å². The molecule has 146 valence electrons. The smallest absolute Gasteiger partial charge is 0.261 e. The average molecular weight is 404 g/mol. The van der Waals surface area contributed by atoms with Crippen LogP contribution in [0, 0.1) is 0 Å². The highest BCUT2D eigenvalue weighted by Crippen LogP contribution is 2.28. The molecule has 1 aromatic heterocycles. The number of rotatable bonds is 5. The first-order valence-electron chi connectivity index (χ1n) is 9.39. The van der Waals surface area contributed by atoms with Gasteiger partial charge in [0.05, 0.1) is 17.2 Å². The Balaban J connectivity index is 1.64. The van der Waals surface area contributed by atoms with E-state index in [1.807, 2.05) is 29.6 Å². The molecule has 29 heavy (non-hydrogen) atoms. The number of thiophene rings is 1. The lowest BCUT2D eigenvalue weighted by molar-refractivity contribution is 0.0693. The van der Waals surface area contributed by atoms with Crippen LogP contribution >= 0.6 is 11.3 Å². The van der Waals surface area contributed by atoms with Crippen LogP contribution < -0.4 is 5.32 Å². The van der Waals surface area contributed by atoms with Crippen molar-refractivity contribution < 1.29 is 14.4 Å². The van der Waals surface area contributed by atoms with Crippen molar-refractivity contribution in [3.8, 4) is 0 Å². The molecule has 5 nitrogen and oxygen atoms in total. The van der Waals surface area contributed by atoms with E-state index >= 15 is 0 Å². The molecule has 0 radical (unpaired) electrons. The zero-order valence-corrected chi connectivity index (χ0v) is 17.0. The quantitative estimate of drug-likeness (QED) is 0.652. The fourth-order valence-corrected chi connectivity index (χ4v) is 4.24. The van der Waals surface area contributed by atoms with E-state index in [4.69, 9.17) is 0 Å². The van der Waals surface area contributed by atoms with Crippen LogP contribution in [0.15, 0.2) is 60.0 Å². The van der Waals surface area contributed by atoms with Gasteiger partial charge in [0, 0.05) is 17.5 Å². The predicted molar refractivity (Wildman–Crippen MR) is 112 cm³/mol. The zero-order chi connectivity index (χ0) is 20.5. The number of hydrogen-bond acceptors (Lipinski definition) is 4. The summed E-state index contributed by atoms with van der Waals surface area (Å²) in [7, 11) is 1.44. The molecule has 6 heteroatoms. The van der Waals surface area contributed by atoms with Gasteiger partial charge in [0.2, 0.25) is 0 Å². The molecule has 1 aliphatic heterocycles. The van der Waals surface area contributed by atoms with Gasteiger partial charge in [0.15, 0.2) is 0 Å². The van der Waals surface area contributed by atoms with E-state index < -0.39 is 0 Å². The standard InChI is InChI=1S/C23H20N2O3S/c1-3-14-6-8-15(9-7-14)20(19-5-4-12-29-19)24-21(26)16-10-11-17-18(13-16)23(28)25(2)22(17)27/h4-13,20H,3H2,1-2H3,(H,24,26)/t20-/m0/s1. The third kappa shape index (κ3) is 3.47. The molecule has 1 aliphatic rings. The second kappa shape index (κ2) is 7.64. The minimum Gasteiger partial charge on any atom is -0.340 e. The topological polar surface area (TPSA) is 66.5 Å². The van der Waals surface area contributed by atoms with E-state index in [0.29, 0.717) is 11.1 Å². The normalized spacial score (nSPS) is 14.1. The van der Waals surface area contributed by atoms with Crippen LogP contribution in [0.4, 0.5) is 0 Å². The molecule has 1 N–H and O–H groups in total. The minimum absolute atomic E-state index is 0.269. The summed E-state index contributed by atoms with van der Waals surface area (Å²) >= 11 is 1.57. The first kappa shape index (κ1) is 19.1. The Bertz CT molecular complexity index is 1090. The van der Waals surface area contributed by atoms with Gasteiger partial charge in [-0.3, -0.25) is 19.3 Å². The number of carbonyl (C=O) groups excluding carboxylic acids is 3. The molecule has 0 unspecified atom stereocenters. The highest BCUT2D eigenvalue weighted by atomic mass is 32.1. The van der Waals surface area contributed by atoms with Gasteiger partial charge in [-0.15, -0.1) is 11.3 Å². The maximum atomic E-state index is 13.0. The molecule has 2 heterocycles. The summed E-state index contributed by atoms with van der Waals surface area (Å²) < 4.78 is 0. The van der Waals surface area contributed by atoms with Gasteiger partial charge >= 0.3 is 0 Å². The zero-order valence-electron chi connectivity index (χ0n) is 16.1. The van der Waals surface area contributed by atoms with E-state index in [1.165, 1.54) is 18.7 Å². The number of nitrogens with one attached hydrogen (secondary N) is 1. The van der Waals surface area contributed by atoms with Gasteiger partial charge in [-0.25, -0.2) is 0 Å². The minimum atomic E-state index is -0.385. The molecule has 1 atom stereocenters. The molecular weight excluding hydrogens is 384 g/mol. The van der Waals surface area contributed by atoms with E-state index in [-0.39, 0.29) is 29.3 Å². The summed E-state index contributed by atoms with van der Waals surface area (Å²) in [5, 5.41) is 5.06. The second-order valence-corrected chi connectivity index (χ2v) is 7.93. The largest absolute Gasteiger partial charge is 0.340 e. The van der Waals surface area contributed by atoms with Gasteiger partial charge in [0.25, 0.3) is 17.7 Å². The average Bonchev–Trinajstić information content (AvgIpc) is 3.36. The summed E-state index contributed by atoms with van der Waals surface area (Å²) in [6, 6.07) is 16.5. The van der Waals surface area contributed by atoms with Gasteiger partial charge in [-0.1, -0.05) is 37.3 Å². The van der Waals surface area contributed by atoms with E-state index in [2.05, 4.69) is 24.4 Å². The Labute approximate surface area is 173 Å². The molecule has 0 saturated heterocycles. The summed E-state index contributed by atoms with van der Waals surface area (Å²) in [6.45, 7) is 2.10. The Kier molecular flexibility index (Phi) is 5.03. The Hall–Kier alpha value is -3.25. The fraction of sp³-hybridized carbons (Fsp3) is 0.174. The highest BCUT2D eigenvalue weighted by molar-refractivity contribution is 7.10. The van der Waals surface area contributed by atoms with Crippen LogP contribution in [0.5, 0.6) is 0 Å². The molecule has 0 saturated carbocycles. The molecule has 0 fully saturated rings. The number of carbonyl (C=O) groups is 3. The third-order valence-electron chi connectivity index (χ3n) is 5.18. The Morgan fingerprint density at radius 3 is 2.41 bits per heavy atom. The number of hydrogen-bond donors (Lipinski definition) is 1. The summed E-state index contributed by atoms with van der Waals surface area (Å²) in [6.07, 6.45) is 0.951. The number of amides is 3. The molecular formula is C23H20N2O3S. The number of benzene rings is 2. The van der Waals surface area contributed by atoms with Gasteiger partial charge in [-0.05, 0) is 47.2 Å². The molecule has 0 aliphatic carbocycles. The van der Waals surface area contributed by atoms with Crippen LogP contribution in [0.1, 0.15) is 60.0 Å². The second-order valence-electron chi connectivity index (χ2n) is 6.95. The van der Waals surface area contributed by atoms with Crippen molar-refractivity contribution >= 4 is 29.1 Å². The van der Waals surface area contributed by atoms with Crippen molar-refractivity contribution in [2.24, 2.45) is 0 Å². The van der Waals surface area contributed by atoms with Crippen LogP contribution in [-0.2, 0) is 6.42 Å². The fourth-order valence-electron chi connectivity index (χ4n) is 3.44. The third-order valence-corrected chi connectivity index (χ3v) is 6.11. The summed E-state index contributed by atoms with van der Waals surface area (Å²) in [5.41, 5.74) is 3.18. The summed E-state index contributed by atoms with van der Waals surface area (Å²) in [4.78, 5) is 39.4. The monoisotopic (exact) mass is 404 g/mol. The number of nitrogens with zero attached hydrogens (tertiary/aromatic N) is 1. The van der Waals surface area contributed by atoms with Crippen molar-refractivity contribution in [2.75, 3.05) is 7.05 Å². The number of fused-ring (bicyclic) bond motifs is 1. The molecule has 4 rings (SSSR count). The van der Waals surface area contributed by atoms with Crippen LogP contribution in [0.2, 0.25) is 0 Å². The number of imide groups is 1. The molecule has 0 spiro atoms. The molecule has 3 amide bonds. The Morgan fingerprint density at radius 1 is 1.03 bits per heavy atom. The maximum absolute atomic E-state index is 13.0.